The summed E-state index contributed by atoms with van der Waals surface area (Å²) in [6.07, 6.45) is 2.73. The van der Waals surface area contributed by atoms with Crippen LogP contribution >= 0.6 is 0 Å². The average Bonchev–Trinajstić information content (AvgIpc) is 3.06. The molecule has 1 amide bonds. The standard InChI is InChI=1S/C23H25N3O4/c27-22(24-17-6-7-20-21(14-17)29-13-3-12-28-20)15-26-10-8-16(9-11-26)23-25-18-4-1-2-5-19(18)30-23/h1-2,4-7,14,16H,3,8-13,15H2,(H,24,27). The van der Waals surface area contributed by atoms with Crippen molar-refractivity contribution in [3.8, 4) is 11.5 Å². The number of hydrogen-bond donors (Lipinski definition) is 1. The molecule has 0 unspecified atom stereocenters. The van der Waals surface area contributed by atoms with Gasteiger partial charge in [-0.2, -0.15) is 0 Å². The van der Waals surface area contributed by atoms with E-state index in [1.807, 2.05) is 42.5 Å². The molecule has 2 aromatic carbocycles. The summed E-state index contributed by atoms with van der Waals surface area (Å²) in [5, 5.41) is 2.97. The van der Waals surface area contributed by atoms with Gasteiger partial charge in [-0.15, -0.1) is 0 Å². The maximum atomic E-state index is 12.5. The molecule has 3 aromatic rings. The molecule has 30 heavy (non-hydrogen) atoms. The van der Waals surface area contributed by atoms with E-state index >= 15 is 0 Å². The van der Waals surface area contributed by atoms with Crippen molar-refractivity contribution in [2.45, 2.75) is 25.2 Å². The molecule has 0 aliphatic carbocycles. The van der Waals surface area contributed by atoms with E-state index in [0.717, 1.165) is 60.8 Å². The van der Waals surface area contributed by atoms with E-state index in [1.54, 1.807) is 0 Å². The number of oxazole rings is 1. The molecular formula is C23H25N3O4. The Morgan fingerprint density at radius 1 is 1.07 bits per heavy atom. The molecule has 1 fully saturated rings. The van der Waals surface area contributed by atoms with Gasteiger partial charge >= 0.3 is 0 Å². The monoisotopic (exact) mass is 407 g/mol. The zero-order chi connectivity index (χ0) is 20.3. The molecule has 5 rings (SSSR count). The number of fused-ring (bicyclic) bond motifs is 2. The maximum Gasteiger partial charge on any atom is 0.238 e. The van der Waals surface area contributed by atoms with Crippen molar-refractivity contribution in [3.63, 3.8) is 0 Å². The number of amides is 1. The number of piperidine rings is 1. The van der Waals surface area contributed by atoms with Gasteiger partial charge in [-0.3, -0.25) is 9.69 Å². The second-order valence-corrected chi connectivity index (χ2v) is 7.83. The van der Waals surface area contributed by atoms with Crippen LogP contribution in [0.25, 0.3) is 11.1 Å². The Morgan fingerprint density at radius 3 is 2.70 bits per heavy atom. The van der Waals surface area contributed by atoms with Crippen molar-refractivity contribution in [3.05, 3.63) is 48.4 Å². The molecule has 1 saturated heterocycles. The molecule has 7 nitrogen and oxygen atoms in total. The summed E-state index contributed by atoms with van der Waals surface area (Å²) >= 11 is 0. The van der Waals surface area contributed by atoms with Crippen LogP contribution in [0.1, 0.15) is 31.1 Å². The lowest BCUT2D eigenvalue weighted by Gasteiger charge is -2.29. The lowest BCUT2D eigenvalue weighted by Crippen LogP contribution is -2.38. The number of carbonyl (C=O) groups excluding carboxylic acids is 1. The second kappa shape index (κ2) is 8.36. The number of nitrogens with zero attached hydrogens (tertiary/aromatic N) is 2. The number of benzene rings is 2. The first kappa shape index (κ1) is 18.9. The Bertz CT molecular complexity index is 1010. The highest BCUT2D eigenvalue weighted by atomic mass is 16.5. The lowest BCUT2D eigenvalue weighted by molar-refractivity contribution is -0.117. The van der Waals surface area contributed by atoms with Crippen LogP contribution in [0.5, 0.6) is 11.5 Å². The van der Waals surface area contributed by atoms with E-state index in [1.165, 1.54) is 0 Å². The van der Waals surface area contributed by atoms with Crippen LogP contribution in [-0.4, -0.2) is 48.6 Å². The van der Waals surface area contributed by atoms with E-state index in [4.69, 9.17) is 13.9 Å². The molecule has 3 heterocycles. The lowest BCUT2D eigenvalue weighted by atomic mass is 9.97. The van der Waals surface area contributed by atoms with Gasteiger partial charge in [0.2, 0.25) is 5.91 Å². The van der Waals surface area contributed by atoms with Crippen LogP contribution in [0.2, 0.25) is 0 Å². The molecule has 0 bridgehead atoms. The summed E-state index contributed by atoms with van der Waals surface area (Å²) in [6, 6.07) is 13.4. The molecule has 0 saturated carbocycles. The van der Waals surface area contributed by atoms with Crippen LogP contribution in [0, 0.1) is 0 Å². The summed E-state index contributed by atoms with van der Waals surface area (Å²) < 4.78 is 17.3. The van der Waals surface area contributed by atoms with Gasteiger partial charge in [-0.25, -0.2) is 4.98 Å². The van der Waals surface area contributed by atoms with Crippen molar-refractivity contribution in [2.24, 2.45) is 0 Å². The van der Waals surface area contributed by atoms with Crippen LogP contribution in [0.4, 0.5) is 5.69 Å². The molecule has 156 valence electrons. The predicted molar refractivity (Wildman–Crippen MR) is 113 cm³/mol. The zero-order valence-electron chi connectivity index (χ0n) is 16.8. The van der Waals surface area contributed by atoms with Crippen molar-refractivity contribution in [1.29, 1.82) is 0 Å². The Balaban J connectivity index is 1.15. The number of rotatable bonds is 4. The quantitative estimate of drug-likeness (QED) is 0.709. The second-order valence-electron chi connectivity index (χ2n) is 7.83. The smallest absolute Gasteiger partial charge is 0.238 e. The van der Waals surface area contributed by atoms with Gasteiger partial charge in [-0.05, 0) is 50.2 Å². The molecule has 0 atom stereocenters. The number of likely N-dealkylation sites (tertiary alicyclic amines) is 1. The van der Waals surface area contributed by atoms with E-state index in [9.17, 15) is 4.79 Å². The minimum atomic E-state index is -0.0233. The molecular weight excluding hydrogens is 382 g/mol. The Hall–Kier alpha value is -3.06. The van der Waals surface area contributed by atoms with Gasteiger partial charge in [0.05, 0.1) is 19.8 Å². The summed E-state index contributed by atoms with van der Waals surface area (Å²) in [5.74, 6) is 2.51. The van der Waals surface area contributed by atoms with E-state index < -0.39 is 0 Å². The Kier molecular flexibility index (Phi) is 5.27. The van der Waals surface area contributed by atoms with Gasteiger partial charge < -0.3 is 19.2 Å². The van der Waals surface area contributed by atoms with Crippen molar-refractivity contribution < 1.29 is 18.7 Å². The van der Waals surface area contributed by atoms with Crippen LogP contribution in [0.3, 0.4) is 0 Å². The predicted octanol–water partition coefficient (Wildman–Crippen LogP) is 3.81. The first-order valence-corrected chi connectivity index (χ1v) is 10.5. The highest BCUT2D eigenvalue weighted by Gasteiger charge is 2.25. The van der Waals surface area contributed by atoms with Gasteiger partial charge in [0.15, 0.2) is 23.0 Å². The largest absolute Gasteiger partial charge is 0.490 e. The number of para-hydroxylation sites is 2. The molecule has 0 radical (unpaired) electrons. The number of ether oxygens (including phenoxy) is 2. The minimum Gasteiger partial charge on any atom is -0.490 e. The van der Waals surface area contributed by atoms with Gasteiger partial charge in [0.25, 0.3) is 0 Å². The number of hydrogen-bond acceptors (Lipinski definition) is 6. The van der Waals surface area contributed by atoms with Crippen LogP contribution in [-0.2, 0) is 4.79 Å². The van der Waals surface area contributed by atoms with Gasteiger partial charge in [0, 0.05) is 24.1 Å². The fraction of sp³-hybridized carbons (Fsp3) is 0.391. The van der Waals surface area contributed by atoms with Crippen LogP contribution < -0.4 is 14.8 Å². The first-order chi connectivity index (χ1) is 14.7. The number of carbonyl (C=O) groups is 1. The van der Waals surface area contributed by atoms with Crippen molar-refractivity contribution >= 4 is 22.7 Å². The molecule has 2 aliphatic rings. The van der Waals surface area contributed by atoms with Crippen molar-refractivity contribution in [2.75, 3.05) is 38.2 Å². The summed E-state index contributed by atoms with van der Waals surface area (Å²) in [4.78, 5) is 19.3. The average molecular weight is 407 g/mol. The van der Waals surface area contributed by atoms with Crippen molar-refractivity contribution in [1.82, 2.24) is 9.88 Å². The Labute approximate surface area is 175 Å². The minimum absolute atomic E-state index is 0.0233. The van der Waals surface area contributed by atoms with E-state index in [2.05, 4.69) is 15.2 Å². The third-order valence-corrected chi connectivity index (χ3v) is 5.65. The molecule has 1 aromatic heterocycles. The fourth-order valence-corrected chi connectivity index (χ4v) is 4.05. The van der Waals surface area contributed by atoms with Gasteiger partial charge in [-0.1, -0.05) is 12.1 Å². The van der Waals surface area contributed by atoms with E-state index in [-0.39, 0.29) is 5.91 Å². The zero-order valence-corrected chi connectivity index (χ0v) is 16.8. The van der Waals surface area contributed by atoms with Crippen LogP contribution in [0.15, 0.2) is 46.9 Å². The molecule has 0 spiro atoms. The normalized spacial score (nSPS) is 17.6. The molecule has 7 heteroatoms. The number of anilines is 1. The Morgan fingerprint density at radius 2 is 1.87 bits per heavy atom. The molecule has 1 N–H and O–H groups in total. The van der Waals surface area contributed by atoms with E-state index in [0.29, 0.717) is 31.4 Å². The first-order valence-electron chi connectivity index (χ1n) is 10.5. The third-order valence-electron chi connectivity index (χ3n) is 5.65. The SMILES string of the molecule is O=C(CN1CCC(c2nc3ccccc3o2)CC1)Nc1ccc2c(c1)OCCCO2. The summed E-state index contributed by atoms with van der Waals surface area (Å²) in [6.45, 7) is 3.34. The highest BCUT2D eigenvalue weighted by molar-refractivity contribution is 5.92. The number of aromatic nitrogens is 1. The fourth-order valence-electron chi connectivity index (χ4n) is 4.05. The highest BCUT2D eigenvalue weighted by Crippen LogP contribution is 2.32. The third kappa shape index (κ3) is 4.11. The summed E-state index contributed by atoms with van der Waals surface area (Å²) in [7, 11) is 0. The maximum absolute atomic E-state index is 12.5. The molecule has 2 aliphatic heterocycles. The van der Waals surface area contributed by atoms with Gasteiger partial charge in [0.1, 0.15) is 5.52 Å². The summed E-state index contributed by atoms with van der Waals surface area (Å²) in [5.41, 5.74) is 2.47. The topological polar surface area (TPSA) is 76.8 Å². The number of nitrogens with one attached hydrogen (secondary N) is 1.